The first-order chi connectivity index (χ1) is 7.74. The highest BCUT2D eigenvalue weighted by atomic mass is 15.3. The molecule has 1 N–H and O–H groups in total. The normalized spacial score (nSPS) is 16.4. The van der Waals surface area contributed by atoms with Gasteiger partial charge >= 0.3 is 0 Å². The molecule has 0 aromatic carbocycles. The van der Waals surface area contributed by atoms with E-state index in [0.29, 0.717) is 12.0 Å². The Morgan fingerprint density at radius 2 is 2.19 bits per heavy atom. The van der Waals surface area contributed by atoms with E-state index in [0.717, 1.165) is 13.1 Å². The monoisotopic (exact) mass is 219 g/mol. The Morgan fingerprint density at radius 3 is 2.88 bits per heavy atom. The average Bonchev–Trinajstić information content (AvgIpc) is 2.84. The molecule has 1 aromatic heterocycles. The van der Waals surface area contributed by atoms with Crippen molar-refractivity contribution in [1.29, 1.82) is 0 Å². The molecule has 0 amide bonds. The van der Waals surface area contributed by atoms with Crippen LogP contribution in [0.1, 0.15) is 32.3 Å². The maximum atomic E-state index is 4.36. The molecule has 3 heteroatoms. The lowest BCUT2D eigenvalue weighted by atomic mass is 10.2. The molecule has 0 atom stereocenters. The summed E-state index contributed by atoms with van der Waals surface area (Å²) in [5.74, 6) is 0.653. The second kappa shape index (κ2) is 5.30. The van der Waals surface area contributed by atoms with Crippen LogP contribution in [0.2, 0.25) is 0 Å². The third-order valence-corrected chi connectivity index (χ3v) is 2.84. The molecule has 2 rings (SSSR count). The predicted octanol–water partition coefficient (Wildman–Crippen LogP) is 2.35. The van der Waals surface area contributed by atoms with E-state index < -0.39 is 0 Å². The summed E-state index contributed by atoms with van der Waals surface area (Å²) in [5, 5.41) is 7.91. The zero-order valence-electron chi connectivity index (χ0n) is 10.2. The summed E-state index contributed by atoms with van der Waals surface area (Å²) in [4.78, 5) is 0. The minimum absolute atomic E-state index is 0.633. The molecular formula is C13H21N3. The lowest BCUT2D eigenvalue weighted by molar-refractivity contribution is 0.482. The summed E-state index contributed by atoms with van der Waals surface area (Å²) >= 11 is 0. The second-order valence-electron chi connectivity index (χ2n) is 4.99. The van der Waals surface area contributed by atoms with E-state index in [2.05, 4.69) is 42.6 Å². The Bertz CT molecular complexity index is 344. The Kier molecular flexibility index (Phi) is 3.78. The van der Waals surface area contributed by atoms with Gasteiger partial charge in [-0.05, 0) is 18.8 Å². The lowest BCUT2D eigenvalue weighted by Crippen LogP contribution is -2.25. The Hall–Kier alpha value is -1.09. The number of aromatic nitrogens is 2. The molecule has 16 heavy (non-hydrogen) atoms. The van der Waals surface area contributed by atoms with Gasteiger partial charge in [0.2, 0.25) is 0 Å². The van der Waals surface area contributed by atoms with Crippen molar-refractivity contribution >= 4 is 0 Å². The van der Waals surface area contributed by atoms with Crippen molar-refractivity contribution in [3.63, 3.8) is 0 Å². The summed E-state index contributed by atoms with van der Waals surface area (Å²) < 4.78 is 2.04. The van der Waals surface area contributed by atoms with Crippen molar-refractivity contribution in [2.75, 3.05) is 0 Å². The number of hydrogen-bond acceptors (Lipinski definition) is 2. The Balaban J connectivity index is 1.78. The van der Waals surface area contributed by atoms with Gasteiger partial charge in [0.25, 0.3) is 0 Å². The number of hydrogen-bond donors (Lipinski definition) is 1. The van der Waals surface area contributed by atoms with Crippen molar-refractivity contribution < 1.29 is 0 Å². The summed E-state index contributed by atoms with van der Waals surface area (Å²) in [6.07, 6.45) is 11.0. The quantitative estimate of drug-likeness (QED) is 0.770. The highest BCUT2D eigenvalue weighted by Gasteiger charge is 2.09. The first-order valence-electron chi connectivity index (χ1n) is 6.14. The van der Waals surface area contributed by atoms with Gasteiger partial charge in [0.15, 0.2) is 0 Å². The van der Waals surface area contributed by atoms with Crippen LogP contribution < -0.4 is 5.32 Å². The average molecular weight is 219 g/mol. The molecule has 0 bridgehead atoms. The summed E-state index contributed by atoms with van der Waals surface area (Å²) in [6.45, 7) is 6.36. The van der Waals surface area contributed by atoms with Crippen molar-refractivity contribution in [3.05, 3.63) is 30.1 Å². The molecular weight excluding hydrogens is 198 g/mol. The van der Waals surface area contributed by atoms with Gasteiger partial charge in [0, 0.05) is 30.9 Å². The van der Waals surface area contributed by atoms with E-state index in [1.807, 2.05) is 10.9 Å². The van der Waals surface area contributed by atoms with Crippen LogP contribution in [0.15, 0.2) is 24.5 Å². The van der Waals surface area contributed by atoms with E-state index in [1.165, 1.54) is 18.4 Å². The van der Waals surface area contributed by atoms with Crippen LogP contribution in [0.3, 0.4) is 0 Å². The molecule has 88 valence electrons. The van der Waals surface area contributed by atoms with Crippen LogP contribution in [0.5, 0.6) is 0 Å². The molecule has 0 saturated carbocycles. The molecule has 0 radical (unpaired) electrons. The van der Waals surface area contributed by atoms with E-state index in [-0.39, 0.29) is 0 Å². The SMILES string of the molecule is CC(C)Cn1cc(CNC2CC=CC2)cn1. The smallest absolute Gasteiger partial charge is 0.0534 e. The minimum atomic E-state index is 0.633. The van der Waals surface area contributed by atoms with Gasteiger partial charge in [-0.15, -0.1) is 0 Å². The molecule has 1 aliphatic carbocycles. The number of nitrogens with zero attached hydrogens (tertiary/aromatic N) is 2. The predicted molar refractivity (Wildman–Crippen MR) is 66.1 cm³/mol. The maximum absolute atomic E-state index is 4.36. The molecule has 0 spiro atoms. The van der Waals surface area contributed by atoms with Gasteiger partial charge in [-0.1, -0.05) is 26.0 Å². The van der Waals surface area contributed by atoms with Crippen LogP contribution in [-0.2, 0) is 13.1 Å². The van der Waals surface area contributed by atoms with Gasteiger partial charge in [0.05, 0.1) is 6.20 Å². The van der Waals surface area contributed by atoms with Gasteiger partial charge in [-0.3, -0.25) is 4.68 Å². The fraction of sp³-hybridized carbons (Fsp3) is 0.615. The number of nitrogens with one attached hydrogen (secondary N) is 1. The van der Waals surface area contributed by atoms with Crippen molar-refractivity contribution in [1.82, 2.24) is 15.1 Å². The van der Waals surface area contributed by atoms with Crippen LogP contribution in [0.25, 0.3) is 0 Å². The molecule has 3 nitrogen and oxygen atoms in total. The summed E-state index contributed by atoms with van der Waals surface area (Å²) in [7, 11) is 0. The molecule has 1 aromatic rings. The highest BCUT2D eigenvalue weighted by Crippen LogP contribution is 2.10. The molecule has 0 unspecified atom stereocenters. The van der Waals surface area contributed by atoms with Gasteiger partial charge in [0.1, 0.15) is 0 Å². The van der Waals surface area contributed by atoms with Gasteiger partial charge in [-0.25, -0.2) is 0 Å². The van der Waals surface area contributed by atoms with Crippen LogP contribution >= 0.6 is 0 Å². The molecule has 0 saturated heterocycles. The zero-order valence-corrected chi connectivity index (χ0v) is 10.2. The van der Waals surface area contributed by atoms with Crippen LogP contribution in [0, 0.1) is 5.92 Å². The maximum Gasteiger partial charge on any atom is 0.0534 e. The van der Waals surface area contributed by atoms with Crippen LogP contribution in [0.4, 0.5) is 0 Å². The first kappa shape index (κ1) is 11.4. The summed E-state index contributed by atoms with van der Waals surface area (Å²) in [5.41, 5.74) is 1.28. The fourth-order valence-corrected chi connectivity index (χ4v) is 2.02. The summed E-state index contributed by atoms with van der Waals surface area (Å²) in [6, 6.07) is 0.633. The van der Waals surface area contributed by atoms with Crippen molar-refractivity contribution in [2.24, 2.45) is 5.92 Å². The number of rotatable bonds is 5. The van der Waals surface area contributed by atoms with Gasteiger partial charge in [-0.2, -0.15) is 5.10 Å². The van der Waals surface area contributed by atoms with E-state index >= 15 is 0 Å². The molecule has 1 aliphatic rings. The second-order valence-corrected chi connectivity index (χ2v) is 4.99. The van der Waals surface area contributed by atoms with E-state index in [9.17, 15) is 0 Å². The Morgan fingerprint density at radius 1 is 1.44 bits per heavy atom. The zero-order chi connectivity index (χ0) is 11.4. The lowest BCUT2D eigenvalue weighted by Gasteiger charge is -2.10. The topological polar surface area (TPSA) is 29.9 Å². The van der Waals surface area contributed by atoms with E-state index in [4.69, 9.17) is 0 Å². The third-order valence-electron chi connectivity index (χ3n) is 2.84. The molecule has 1 heterocycles. The third kappa shape index (κ3) is 3.20. The van der Waals surface area contributed by atoms with Crippen molar-refractivity contribution in [3.8, 4) is 0 Å². The molecule has 0 fully saturated rings. The van der Waals surface area contributed by atoms with Gasteiger partial charge < -0.3 is 5.32 Å². The minimum Gasteiger partial charge on any atom is -0.309 e. The largest absolute Gasteiger partial charge is 0.309 e. The van der Waals surface area contributed by atoms with Crippen molar-refractivity contribution in [2.45, 2.75) is 45.8 Å². The standard InChI is InChI=1S/C13H21N3/c1-11(2)9-16-10-12(8-15-16)7-14-13-5-3-4-6-13/h3-4,8,10-11,13-14H,5-7,9H2,1-2H3. The van der Waals surface area contributed by atoms with E-state index in [1.54, 1.807) is 0 Å². The molecule has 0 aliphatic heterocycles. The first-order valence-corrected chi connectivity index (χ1v) is 6.14. The highest BCUT2D eigenvalue weighted by molar-refractivity contribution is 5.05. The van der Waals surface area contributed by atoms with Crippen LogP contribution in [-0.4, -0.2) is 15.8 Å². The fourth-order valence-electron chi connectivity index (χ4n) is 2.02. The Labute approximate surface area is 97.5 Å².